The minimum absolute atomic E-state index is 0.0781. The molecule has 100 valence electrons. The predicted octanol–water partition coefficient (Wildman–Crippen LogP) is 1.21. The van der Waals surface area contributed by atoms with E-state index in [1.165, 1.54) is 24.3 Å². The molecule has 0 unspecified atom stereocenters. The van der Waals surface area contributed by atoms with E-state index in [0.29, 0.717) is 9.87 Å². The highest BCUT2D eigenvalue weighted by Crippen LogP contribution is 2.16. The first kappa shape index (κ1) is 14.9. The monoisotopic (exact) mass is 294 g/mol. The highest BCUT2D eigenvalue weighted by molar-refractivity contribution is 7.89. The van der Waals surface area contributed by atoms with Crippen molar-refractivity contribution in [2.75, 3.05) is 13.6 Å². The third-order valence-corrected chi connectivity index (χ3v) is 4.32. The van der Waals surface area contributed by atoms with E-state index in [4.69, 9.17) is 18.0 Å². The summed E-state index contributed by atoms with van der Waals surface area (Å²) in [5, 5.41) is 0. The van der Waals surface area contributed by atoms with E-state index in [1.54, 1.807) is 0 Å². The van der Waals surface area contributed by atoms with Crippen LogP contribution in [0.4, 0.5) is 8.78 Å². The Morgan fingerprint density at radius 3 is 2.28 bits per heavy atom. The first-order valence-corrected chi connectivity index (χ1v) is 6.74. The SMILES string of the molecule is CN(CC(F)F)S(=O)(=O)c1ccc(C(N)=S)cc1. The molecule has 4 nitrogen and oxygen atoms in total. The lowest BCUT2D eigenvalue weighted by Crippen LogP contribution is -2.31. The minimum atomic E-state index is -3.91. The molecule has 0 aliphatic carbocycles. The lowest BCUT2D eigenvalue weighted by Gasteiger charge is -2.16. The minimum Gasteiger partial charge on any atom is -0.389 e. The standard InChI is InChI=1S/C10H12F2N2O2S2/c1-14(6-9(11)12)18(15,16)8-4-2-7(3-5-8)10(13)17/h2-5,9H,6H2,1H3,(H2,13,17). The van der Waals surface area contributed by atoms with Crippen LogP contribution < -0.4 is 5.73 Å². The zero-order valence-electron chi connectivity index (χ0n) is 9.51. The first-order chi connectivity index (χ1) is 8.25. The molecule has 0 aliphatic heterocycles. The number of thiocarbonyl (C=S) groups is 1. The molecule has 1 aromatic carbocycles. The van der Waals surface area contributed by atoms with Gasteiger partial charge in [0, 0.05) is 12.6 Å². The Bertz CT molecular complexity index is 529. The van der Waals surface area contributed by atoms with Crippen molar-refractivity contribution in [2.24, 2.45) is 5.73 Å². The molecule has 18 heavy (non-hydrogen) atoms. The van der Waals surface area contributed by atoms with E-state index in [1.807, 2.05) is 0 Å². The van der Waals surface area contributed by atoms with Gasteiger partial charge in [-0.1, -0.05) is 24.4 Å². The normalized spacial score (nSPS) is 12.1. The van der Waals surface area contributed by atoms with E-state index < -0.39 is 23.0 Å². The first-order valence-electron chi connectivity index (χ1n) is 4.89. The van der Waals surface area contributed by atoms with Gasteiger partial charge >= 0.3 is 0 Å². The van der Waals surface area contributed by atoms with Crippen molar-refractivity contribution in [1.82, 2.24) is 4.31 Å². The summed E-state index contributed by atoms with van der Waals surface area (Å²) in [4.78, 5) is 0.0607. The number of sulfonamides is 1. The fourth-order valence-corrected chi connectivity index (χ4v) is 2.55. The second-order valence-corrected chi connectivity index (χ2v) is 6.05. The Morgan fingerprint density at radius 2 is 1.89 bits per heavy atom. The molecule has 0 spiro atoms. The Hall–Kier alpha value is -1.12. The number of benzene rings is 1. The van der Waals surface area contributed by atoms with Crippen molar-refractivity contribution in [3.63, 3.8) is 0 Å². The van der Waals surface area contributed by atoms with Gasteiger partial charge in [0.05, 0.1) is 11.4 Å². The van der Waals surface area contributed by atoms with Crippen molar-refractivity contribution < 1.29 is 17.2 Å². The van der Waals surface area contributed by atoms with Gasteiger partial charge in [-0.05, 0) is 12.1 Å². The molecule has 1 rings (SSSR count). The van der Waals surface area contributed by atoms with Gasteiger partial charge in [0.1, 0.15) is 4.99 Å². The zero-order valence-corrected chi connectivity index (χ0v) is 11.1. The van der Waals surface area contributed by atoms with Gasteiger partial charge < -0.3 is 5.73 Å². The van der Waals surface area contributed by atoms with E-state index in [9.17, 15) is 17.2 Å². The topological polar surface area (TPSA) is 63.4 Å². The van der Waals surface area contributed by atoms with E-state index in [2.05, 4.69) is 0 Å². The molecule has 0 fully saturated rings. The lowest BCUT2D eigenvalue weighted by atomic mass is 10.2. The van der Waals surface area contributed by atoms with Crippen LogP contribution in [-0.2, 0) is 10.0 Å². The van der Waals surface area contributed by atoms with Crippen molar-refractivity contribution >= 4 is 27.2 Å². The molecule has 0 atom stereocenters. The maximum atomic E-state index is 12.2. The zero-order chi connectivity index (χ0) is 13.9. The molecular weight excluding hydrogens is 282 g/mol. The third kappa shape index (κ3) is 3.44. The molecular formula is C10H12F2N2O2S2. The van der Waals surface area contributed by atoms with Crippen LogP contribution in [0, 0.1) is 0 Å². The van der Waals surface area contributed by atoms with E-state index >= 15 is 0 Å². The second-order valence-electron chi connectivity index (χ2n) is 3.57. The second kappa shape index (κ2) is 5.68. The summed E-state index contributed by atoms with van der Waals surface area (Å²) in [5.41, 5.74) is 5.89. The molecule has 0 saturated heterocycles. The highest BCUT2D eigenvalue weighted by Gasteiger charge is 2.23. The molecule has 0 amide bonds. The fraction of sp³-hybridized carbons (Fsp3) is 0.300. The quantitative estimate of drug-likeness (QED) is 0.829. The van der Waals surface area contributed by atoms with Crippen molar-refractivity contribution in [1.29, 1.82) is 0 Å². The lowest BCUT2D eigenvalue weighted by molar-refractivity contribution is 0.126. The molecule has 0 saturated carbocycles. The summed E-state index contributed by atoms with van der Waals surface area (Å²) in [6.07, 6.45) is -2.72. The van der Waals surface area contributed by atoms with Gasteiger partial charge in [0.25, 0.3) is 6.43 Å². The fourth-order valence-electron chi connectivity index (χ4n) is 1.26. The van der Waals surface area contributed by atoms with Crippen LogP contribution in [0.3, 0.4) is 0 Å². The molecule has 0 aliphatic rings. The molecule has 0 bridgehead atoms. The number of alkyl halides is 2. The third-order valence-electron chi connectivity index (χ3n) is 2.24. The summed E-state index contributed by atoms with van der Waals surface area (Å²) in [6.45, 7) is -0.848. The number of hydrogen-bond donors (Lipinski definition) is 1. The largest absolute Gasteiger partial charge is 0.389 e. The summed E-state index contributed by atoms with van der Waals surface area (Å²) in [5.74, 6) is 0. The van der Waals surface area contributed by atoms with Crippen LogP contribution in [0.5, 0.6) is 0 Å². The maximum Gasteiger partial charge on any atom is 0.252 e. The van der Waals surface area contributed by atoms with Crippen LogP contribution in [0.1, 0.15) is 5.56 Å². The van der Waals surface area contributed by atoms with Crippen LogP contribution in [0.15, 0.2) is 29.2 Å². The van der Waals surface area contributed by atoms with Gasteiger partial charge in [0.2, 0.25) is 10.0 Å². The molecule has 1 aromatic rings. The molecule has 2 N–H and O–H groups in total. The summed E-state index contributed by atoms with van der Waals surface area (Å²) in [7, 11) is -2.81. The summed E-state index contributed by atoms with van der Waals surface area (Å²) >= 11 is 4.73. The smallest absolute Gasteiger partial charge is 0.252 e. The predicted molar refractivity (Wildman–Crippen MR) is 68.1 cm³/mol. The number of nitrogens with zero attached hydrogens (tertiary/aromatic N) is 1. The van der Waals surface area contributed by atoms with E-state index in [0.717, 1.165) is 7.05 Å². The average molecular weight is 294 g/mol. The Balaban J connectivity index is 3.02. The summed E-state index contributed by atoms with van der Waals surface area (Å²) in [6, 6.07) is 5.44. The van der Waals surface area contributed by atoms with Crippen LogP contribution in [0.25, 0.3) is 0 Å². The number of hydrogen-bond acceptors (Lipinski definition) is 3. The van der Waals surface area contributed by atoms with Crippen molar-refractivity contribution in [3.05, 3.63) is 29.8 Å². The van der Waals surface area contributed by atoms with Gasteiger partial charge in [-0.3, -0.25) is 0 Å². The Labute approximate surface area is 109 Å². The molecule has 0 heterocycles. The average Bonchev–Trinajstić information content (AvgIpc) is 2.28. The molecule has 0 radical (unpaired) electrons. The number of halogens is 2. The van der Waals surface area contributed by atoms with Crippen LogP contribution in [0.2, 0.25) is 0 Å². The highest BCUT2D eigenvalue weighted by atomic mass is 32.2. The number of nitrogens with two attached hydrogens (primary N) is 1. The van der Waals surface area contributed by atoms with Crippen molar-refractivity contribution in [2.45, 2.75) is 11.3 Å². The maximum absolute atomic E-state index is 12.2. The van der Waals surface area contributed by atoms with Crippen LogP contribution >= 0.6 is 12.2 Å². The Morgan fingerprint density at radius 1 is 1.39 bits per heavy atom. The van der Waals surface area contributed by atoms with Crippen LogP contribution in [-0.4, -0.2) is 37.7 Å². The number of rotatable bonds is 5. The Kier molecular flexibility index (Phi) is 4.71. The van der Waals surface area contributed by atoms with Gasteiger partial charge in [0.15, 0.2) is 0 Å². The van der Waals surface area contributed by atoms with Gasteiger partial charge in [-0.25, -0.2) is 17.2 Å². The van der Waals surface area contributed by atoms with Crippen molar-refractivity contribution in [3.8, 4) is 0 Å². The van der Waals surface area contributed by atoms with Gasteiger partial charge in [-0.2, -0.15) is 4.31 Å². The van der Waals surface area contributed by atoms with E-state index in [-0.39, 0.29) is 9.88 Å². The van der Waals surface area contributed by atoms with Gasteiger partial charge in [-0.15, -0.1) is 0 Å². The molecule has 8 heteroatoms. The molecule has 0 aromatic heterocycles. The summed E-state index contributed by atoms with van der Waals surface area (Å²) < 4.78 is 48.7.